The molecular weight excluding hydrogens is 352 g/mol. The van der Waals surface area contributed by atoms with E-state index in [-0.39, 0.29) is 6.17 Å². The second-order valence-corrected chi connectivity index (χ2v) is 8.25. The van der Waals surface area contributed by atoms with Gasteiger partial charge in [0.2, 0.25) is 5.28 Å². The number of hydrogen-bond donors (Lipinski definition) is 1. The third-order valence-electron chi connectivity index (χ3n) is 6.29. The molecule has 0 saturated heterocycles. The summed E-state index contributed by atoms with van der Waals surface area (Å²) in [4.78, 5) is 6.62. The van der Waals surface area contributed by atoms with E-state index in [9.17, 15) is 0 Å². The van der Waals surface area contributed by atoms with E-state index in [1.165, 1.54) is 32.1 Å². The number of rotatable bonds is 2. The molecule has 0 aromatic carbocycles. The first-order chi connectivity index (χ1) is 12.8. The van der Waals surface area contributed by atoms with Crippen LogP contribution in [-0.4, -0.2) is 36.7 Å². The van der Waals surface area contributed by atoms with Crippen LogP contribution in [0, 0.1) is 11.8 Å². The number of nitrogens with zero attached hydrogens (tertiary/aromatic N) is 7. The van der Waals surface area contributed by atoms with Crippen LogP contribution in [0.15, 0.2) is 17.5 Å². The van der Waals surface area contributed by atoms with Gasteiger partial charge in [-0.05, 0) is 49.6 Å². The molecule has 2 aromatic heterocycles. The fraction of sp³-hybridized carbons (Fsp3) is 0.647. The zero-order chi connectivity index (χ0) is 17.3. The third-order valence-corrected chi connectivity index (χ3v) is 6.57. The molecule has 2 aromatic rings. The smallest absolute Gasteiger partial charge is 0.252 e. The van der Waals surface area contributed by atoms with E-state index in [1.54, 1.807) is 0 Å². The van der Waals surface area contributed by atoms with Crippen LogP contribution in [0.4, 0.5) is 5.82 Å². The summed E-state index contributed by atoms with van der Waals surface area (Å²) >= 11 is 6.48. The first-order valence-electron chi connectivity index (χ1n) is 9.56. The highest BCUT2D eigenvalue weighted by molar-refractivity contribution is 6.28. The average molecular weight is 373 g/mol. The highest BCUT2D eigenvalue weighted by Gasteiger charge is 2.48. The van der Waals surface area contributed by atoms with Gasteiger partial charge in [-0.25, -0.2) is 4.98 Å². The summed E-state index contributed by atoms with van der Waals surface area (Å²) in [6.07, 6.45) is 12.3. The molecule has 0 radical (unpaired) electrons. The van der Waals surface area contributed by atoms with Crippen LogP contribution in [-0.2, 0) is 6.42 Å². The molecule has 3 atom stereocenters. The third kappa shape index (κ3) is 2.08. The number of hydrazone groups is 1. The normalized spacial score (nSPS) is 29.7. The van der Waals surface area contributed by atoms with Crippen molar-refractivity contribution in [3.05, 3.63) is 23.4 Å². The van der Waals surface area contributed by atoms with Crippen molar-refractivity contribution in [2.75, 3.05) is 4.90 Å². The Morgan fingerprint density at radius 1 is 1.15 bits per heavy atom. The first-order valence-corrected chi connectivity index (χ1v) is 9.94. The van der Waals surface area contributed by atoms with Gasteiger partial charge in [-0.1, -0.05) is 18.1 Å². The fourth-order valence-corrected chi connectivity index (χ4v) is 5.13. The SMILES string of the molecule is Clc1ncc2n1C1CCCCC1C1NN=C(n3nncc3CC3CC3)N21. The Labute approximate surface area is 156 Å². The lowest BCUT2D eigenvalue weighted by Crippen LogP contribution is -2.55. The summed E-state index contributed by atoms with van der Waals surface area (Å²) in [7, 11) is 0. The zero-order valence-corrected chi connectivity index (χ0v) is 15.2. The van der Waals surface area contributed by atoms with Gasteiger partial charge >= 0.3 is 0 Å². The Balaban J connectivity index is 1.44. The minimum Gasteiger partial charge on any atom is -0.298 e. The zero-order valence-electron chi connectivity index (χ0n) is 14.4. The summed E-state index contributed by atoms with van der Waals surface area (Å²) in [5.74, 6) is 3.01. The van der Waals surface area contributed by atoms with Crippen LogP contribution in [0.25, 0.3) is 0 Å². The van der Waals surface area contributed by atoms with Crippen molar-refractivity contribution in [1.82, 2.24) is 30.0 Å². The summed E-state index contributed by atoms with van der Waals surface area (Å²) in [6, 6.07) is 0.388. The molecule has 2 fully saturated rings. The number of aromatic nitrogens is 5. The number of imidazole rings is 1. The second kappa shape index (κ2) is 5.45. The van der Waals surface area contributed by atoms with Crippen LogP contribution >= 0.6 is 11.6 Å². The molecule has 9 heteroatoms. The Bertz CT molecular complexity index is 881. The molecule has 8 nitrogen and oxygen atoms in total. The van der Waals surface area contributed by atoms with Gasteiger partial charge in [0.05, 0.1) is 18.1 Å². The minimum atomic E-state index is 0.133. The molecule has 0 bridgehead atoms. The number of fused-ring (bicyclic) bond motifs is 6. The summed E-state index contributed by atoms with van der Waals surface area (Å²) in [6.45, 7) is 0. The molecule has 3 unspecified atom stereocenters. The van der Waals surface area contributed by atoms with Crippen molar-refractivity contribution >= 4 is 23.4 Å². The van der Waals surface area contributed by atoms with Crippen molar-refractivity contribution in [2.45, 2.75) is 57.2 Å². The molecule has 4 aliphatic rings. The van der Waals surface area contributed by atoms with Gasteiger partial charge in [-0.3, -0.25) is 14.9 Å². The number of hydrogen-bond acceptors (Lipinski definition) is 6. The molecular formula is C17H21ClN8. The van der Waals surface area contributed by atoms with Crippen molar-refractivity contribution in [2.24, 2.45) is 16.9 Å². The maximum Gasteiger partial charge on any atom is 0.252 e. The second-order valence-electron chi connectivity index (χ2n) is 7.91. The van der Waals surface area contributed by atoms with Gasteiger partial charge in [0.15, 0.2) is 0 Å². The van der Waals surface area contributed by atoms with Gasteiger partial charge in [0.25, 0.3) is 5.96 Å². The molecule has 1 N–H and O–H groups in total. The van der Waals surface area contributed by atoms with Crippen molar-refractivity contribution < 1.29 is 0 Å². The van der Waals surface area contributed by atoms with Crippen LogP contribution in [0.2, 0.25) is 5.28 Å². The van der Waals surface area contributed by atoms with Gasteiger partial charge in [0.1, 0.15) is 12.0 Å². The molecule has 2 aliphatic carbocycles. The van der Waals surface area contributed by atoms with E-state index in [4.69, 9.17) is 11.6 Å². The monoisotopic (exact) mass is 372 g/mol. The van der Waals surface area contributed by atoms with Gasteiger partial charge in [0, 0.05) is 12.0 Å². The predicted octanol–water partition coefficient (Wildman–Crippen LogP) is 2.38. The Morgan fingerprint density at radius 2 is 2.04 bits per heavy atom. The van der Waals surface area contributed by atoms with E-state index in [1.807, 2.05) is 17.1 Å². The van der Waals surface area contributed by atoms with E-state index < -0.39 is 0 Å². The molecule has 4 heterocycles. The molecule has 2 saturated carbocycles. The van der Waals surface area contributed by atoms with E-state index in [0.29, 0.717) is 17.2 Å². The van der Waals surface area contributed by atoms with Crippen LogP contribution < -0.4 is 10.3 Å². The Hall–Kier alpha value is -2.09. The van der Waals surface area contributed by atoms with Crippen molar-refractivity contribution in [1.29, 1.82) is 0 Å². The number of halogens is 1. The van der Waals surface area contributed by atoms with Gasteiger partial charge in [-0.15, -0.1) is 10.2 Å². The van der Waals surface area contributed by atoms with E-state index >= 15 is 0 Å². The summed E-state index contributed by atoms with van der Waals surface area (Å²) in [5.41, 5.74) is 4.51. The van der Waals surface area contributed by atoms with Gasteiger partial charge in [-0.2, -0.15) is 4.68 Å². The number of nitrogens with one attached hydrogen (secondary N) is 1. The van der Waals surface area contributed by atoms with Crippen molar-refractivity contribution in [3.63, 3.8) is 0 Å². The lowest BCUT2D eigenvalue weighted by atomic mass is 9.80. The molecule has 6 rings (SSSR count). The largest absolute Gasteiger partial charge is 0.298 e. The minimum absolute atomic E-state index is 0.133. The van der Waals surface area contributed by atoms with E-state index in [0.717, 1.165) is 36.2 Å². The molecule has 2 aliphatic heterocycles. The van der Waals surface area contributed by atoms with Crippen LogP contribution in [0.3, 0.4) is 0 Å². The molecule has 26 heavy (non-hydrogen) atoms. The topological polar surface area (TPSA) is 76.2 Å². The van der Waals surface area contributed by atoms with Gasteiger partial charge < -0.3 is 0 Å². The molecule has 0 amide bonds. The maximum absolute atomic E-state index is 6.48. The highest BCUT2D eigenvalue weighted by atomic mass is 35.5. The Morgan fingerprint density at radius 3 is 2.92 bits per heavy atom. The maximum atomic E-state index is 6.48. The summed E-state index contributed by atoms with van der Waals surface area (Å²) in [5, 5.41) is 13.7. The fourth-order valence-electron chi connectivity index (χ4n) is 4.87. The highest BCUT2D eigenvalue weighted by Crippen LogP contribution is 2.46. The Kier molecular flexibility index (Phi) is 3.15. The lowest BCUT2D eigenvalue weighted by molar-refractivity contribution is 0.176. The van der Waals surface area contributed by atoms with E-state index in [2.05, 4.69) is 35.3 Å². The standard InChI is InChI=1S/C17H21ClN8/c18-16-19-9-14-24(16)13-4-2-1-3-12(13)15-21-22-17(25(14)15)26-11(8-20-23-26)7-10-5-6-10/h8-10,12-13,15,21H,1-7H2. The summed E-state index contributed by atoms with van der Waals surface area (Å²) < 4.78 is 4.08. The quantitative estimate of drug-likeness (QED) is 0.875. The predicted molar refractivity (Wildman–Crippen MR) is 96.9 cm³/mol. The van der Waals surface area contributed by atoms with Crippen molar-refractivity contribution in [3.8, 4) is 0 Å². The average Bonchev–Trinajstić information content (AvgIpc) is 3.04. The first kappa shape index (κ1) is 15.0. The molecule has 136 valence electrons. The van der Waals surface area contributed by atoms with Crippen LogP contribution in [0.1, 0.15) is 50.3 Å². The number of anilines is 1. The molecule has 0 spiro atoms. The lowest BCUT2D eigenvalue weighted by Gasteiger charge is -2.45. The van der Waals surface area contributed by atoms with Crippen LogP contribution in [0.5, 0.6) is 0 Å².